The standard InChI is InChI=1S/C15H12N2O/c18-15-9-8-13-14(7-4-10-16-13)17(15)11-12-5-2-1-3-6-12/h1-10H,11H2. The Hall–Kier alpha value is -2.42. The molecule has 0 aliphatic rings. The summed E-state index contributed by atoms with van der Waals surface area (Å²) in [5.41, 5.74) is 2.82. The second-order valence-electron chi connectivity index (χ2n) is 4.15. The topological polar surface area (TPSA) is 34.9 Å². The van der Waals surface area contributed by atoms with Gasteiger partial charge in [0.1, 0.15) is 0 Å². The van der Waals surface area contributed by atoms with Gasteiger partial charge in [0.05, 0.1) is 17.6 Å². The first-order valence-corrected chi connectivity index (χ1v) is 5.83. The van der Waals surface area contributed by atoms with Crippen LogP contribution in [0.1, 0.15) is 5.56 Å². The molecule has 0 aliphatic carbocycles. The van der Waals surface area contributed by atoms with E-state index in [1.807, 2.05) is 42.5 Å². The van der Waals surface area contributed by atoms with Gasteiger partial charge in [0, 0.05) is 12.3 Å². The number of fused-ring (bicyclic) bond motifs is 1. The van der Waals surface area contributed by atoms with E-state index in [0.29, 0.717) is 6.54 Å². The molecule has 3 nitrogen and oxygen atoms in total. The second kappa shape index (κ2) is 4.45. The average Bonchev–Trinajstić information content (AvgIpc) is 2.43. The summed E-state index contributed by atoms with van der Waals surface area (Å²) >= 11 is 0. The molecule has 3 heteroatoms. The Balaban J connectivity index is 2.16. The van der Waals surface area contributed by atoms with Crippen molar-refractivity contribution in [2.75, 3.05) is 0 Å². The van der Waals surface area contributed by atoms with Crippen LogP contribution in [0.15, 0.2) is 65.6 Å². The highest BCUT2D eigenvalue weighted by Crippen LogP contribution is 2.10. The summed E-state index contributed by atoms with van der Waals surface area (Å²) in [6.45, 7) is 0.572. The third kappa shape index (κ3) is 1.91. The summed E-state index contributed by atoms with van der Waals surface area (Å²) in [6, 6.07) is 17.1. The van der Waals surface area contributed by atoms with Crippen LogP contribution in [0.25, 0.3) is 11.0 Å². The lowest BCUT2D eigenvalue weighted by molar-refractivity contribution is 0.793. The number of hydrogen-bond acceptors (Lipinski definition) is 2. The van der Waals surface area contributed by atoms with Gasteiger partial charge in [-0.1, -0.05) is 30.3 Å². The van der Waals surface area contributed by atoms with E-state index in [-0.39, 0.29) is 5.56 Å². The normalized spacial score (nSPS) is 10.7. The first kappa shape index (κ1) is 10.7. The predicted octanol–water partition coefficient (Wildman–Crippen LogP) is 2.44. The van der Waals surface area contributed by atoms with Crippen molar-refractivity contribution in [2.24, 2.45) is 0 Å². The maximum atomic E-state index is 12.0. The average molecular weight is 236 g/mol. The minimum atomic E-state index is -0.000599. The molecule has 0 bridgehead atoms. The van der Waals surface area contributed by atoms with Gasteiger partial charge in [-0.15, -0.1) is 0 Å². The Morgan fingerprint density at radius 1 is 0.944 bits per heavy atom. The highest BCUT2D eigenvalue weighted by Gasteiger charge is 2.03. The maximum absolute atomic E-state index is 12.0. The zero-order valence-electron chi connectivity index (χ0n) is 9.78. The third-order valence-electron chi connectivity index (χ3n) is 2.94. The Kier molecular flexibility index (Phi) is 2.65. The second-order valence-corrected chi connectivity index (χ2v) is 4.15. The van der Waals surface area contributed by atoms with Crippen molar-refractivity contribution in [2.45, 2.75) is 6.54 Å². The smallest absolute Gasteiger partial charge is 0.251 e. The van der Waals surface area contributed by atoms with Crippen LogP contribution < -0.4 is 5.56 Å². The molecule has 18 heavy (non-hydrogen) atoms. The van der Waals surface area contributed by atoms with E-state index in [2.05, 4.69) is 4.98 Å². The molecular weight excluding hydrogens is 224 g/mol. The van der Waals surface area contributed by atoms with E-state index >= 15 is 0 Å². The number of rotatable bonds is 2. The molecule has 3 aromatic rings. The van der Waals surface area contributed by atoms with Crippen LogP contribution >= 0.6 is 0 Å². The quantitative estimate of drug-likeness (QED) is 0.685. The molecule has 0 N–H and O–H groups in total. The van der Waals surface area contributed by atoms with Gasteiger partial charge in [-0.2, -0.15) is 0 Å². The number of pyridine rings is 2. The molecule has 0 unspecified atom stereocenters. The Morgan fingerprint density at radius 2 is 1.78 bits per heavy atom. The van der Waals surface area contributed by atoms with Crippen LogP contribution in [0.2, 0.25) is 0 Å². The van der Waals surface area contributed by atoms with Gasteiger partial charge < -0.3 is 4.57 Å². The van der Waals surface area contributed by atoms with E-state index in [1.165, 1.54) is 0 Å². The zero-order chi connectivity index (χ0) is 12.4. The molecular formula is C15H12N2O. The van der Waals surface area contributed by atoms with Crippen molar-refractivity contribution in [3.05, 3.63) is 76.7 Å². The van der Waals surface area contributed by atoms with Crippen molar-refractivity contribution in [3.8, 4) is 0 Å². The molecule has 0 aliphatic heterocycles. The highest BCUT2D eigenvalue weighted by atomic mass is 16.1. The molecule has 3 rings (SSSR count). The zero-order valence-corrected chi connectivity index (χ0v) is 9.78. The molecule has 88 valence electrons. The Bertz CT molecular complexity index is 732. The van der Waals surface area contributed by atoms with E-state index < -0.39 is 0 Å². The van der Waals surface area contributed by atoms with Crippen LogP contribution in [0.4, 0.5) is 0 Å². The third-order valence-corrected chi connectivity index (χ3v) is 2.94. The summed E-state index contributed by atoms with van der Waals surface area (Å²) < 4.78 is 1.75. The van der Waals surface area contributed by atoms with Crippen LogP contribution in [0, 0.1) is 0 Å². The van der Waals surface area contributed by atoms with Crippen molar-refractivity contribution >= 4 is 11.0 Å². The first-order valence-electron chi connectivity index (χ1n) is 5.83. The minimum Gasteiger partial charge on any atom is -0.302 e. The number of hydrogen-bond donors (Lipinski definition) is 0. The fourth-order valence-electron chi connectivity index (χ4n) is 2.05. The number of aromatic nitrogens is 2. The van der Waals surface area contributed by atoms with Crippen molar-refractivity contribution in [1.29, 1.82) is 0 Å². The van der Waals surface area contributed by atoms with Gasteiger partial charge in [-0.05, 0) is 23.8 Å². The lowest BCUT2D eigenvalue weighted by Gasteiger charge is -2.09. The molecule has 0 saturated carbocycles. The monoisotopic (exact) mass is 236 g/mol. The van der Waals surface area contributed by atoms with Gasteiger partial charge in [0.15, 0.2) is 0 Å². The summed E-state index contributed by atoms with van der Waals surface area (Å²) in [5.74, 6) is 0. The largest absolute Gasteiger partial charge is 0.302 e. The summed E-state index contributed by atoms with van der Waals surface area (Å²) in [5, 5.41) is 0. The Labute approximate surface area is 104 Å². The van der Waals surface area contributed by atoms with Gasteiger partial charge in [-0.3, -0.25) is 9.78 Å². The molecule has 0 saturated heterocycles. The lowest BCUT2D eigenvalue weighted by Crippen LogP contribution is -2.20. The fraction of sp³-hybridized carbons (Fsp3) is 0.0667. The first-order chi connectivity index (χ1) is 8.84. The summed E-state index contributed by atoms with van der Waals surface area (Å²) in [7, 11) is 0. The molecule has 0 radical (unpaired) electrons. The van der Waals surface area contributed by atoms with Gasteiger partial charge in [0.2, 0.25) is 0 Å². The van der Waals surface area contributed by atoms with Gasteiger partial charge in [-0.25, -0.2) is 0 Å². The van der Waals surface area contributed by atoms with E-state index in [1.54, 1.807) is 22.9 Å². The van der Waals surface area contributed by atoms with Crippen molar-refractivity contribution < 1.29 is 0 Å². The minimum absolute atomic E-state index is 0.000599. The SMILES string of the molecule is O=c1ccc2ncccc2n1Cc1ccccc1. The molecule has 2 heterocycles. The lowest BCUT2D eigenvalue weighted by atomic mass is 10.2. The van der Waals surface area contributed by atoms with Gasteiger partial charge in [0.25, 0.3) is 5.56 Å². The van der Waals surface area contributed by atoms with E-state index in [0.717, 1.165) is 16.6 Å². The molecule has 1 aromatic carbocycles. The molecule has 0 fully saturated rings. The maximum Gasteiger partial charge on any atom is 0.251 e. The van der Waals surface area contributed by atoms with Crippen LogP contribution in [0.5, 0.6) is 0 Å². The fourth-order valence-corrected chi connectivity index (χ4v) is 2.05. The number of benzene rings is 1. The van der Waals surface area contributed by atoms with Gasteiger partial charge >= 0.3 is 0 Å². The number of nitrogens with zero attached hydrogens (tertiary/aromatic N) is 2. The van der Waals surface area contributed by atoms with Crippen LogP contribution in [-0.2, 0) is 6.54 Å². The van der Waals surface area contributed by atoms with Crippen LogP contribution in [0.3, 0.4) is 0 Å². The highest BCUT2D eigenvalue weighted by molar-refractivity contribution is 5.74. The van der Waals surface area contributed by atoms with E-state index in [4.69, 9.17) is 0 Å². The summed E-state index contributed by atoms with van der Waals surface area (Å²) in [6.07, 6.45) is 1.74. The summed E-state index contributed by atoms with van der Waals surface area (Å²) in [4.78, 5) is 16.2. The molecule has 0 spiro atoms. The van der Waals surface area contributed by atoms with Crippen molar-refractivity contribution in [3.63, 3.8) is 0 Å². The molecule has 2 aromatic heterocycles. The molecule has 0 atom stereocenters. The van der Waals surface area contributed by atoms with Crippen LogP contribution in [-0.4, -0.2) is 9.55 Å². The van der Waals surface area contributed by atoms with Crippen molar-refractivity contribution in [1.82, 2.24) is 9.55 Å². The Morgan fingerprint density at radius 3 is 2.61 bits per heavy atom. The molecule has 0 amide bonds. The van der Waals surface area contributed by atoms with E-state index in [9.17, 15) is 4.79 Å². The predicted molar refractivity (Wildman–Crippen MR) is 71.5 cm³/mol.